The molecule has 0 heterocycles. The van der Waals surface area contributed by atoms with Crippen molar-refractivity contribution in [3.05, 3.63) is 0 Å². The molecule has 6 nitrogen and oxygen atoms in total. The Morgan fingerprint density at radius 2 is 2.27 bits per heavy atom. The van der Waals surface area contributed by atoms with Crippen LogP contribution in [-0.2, 0) is 9.59 Å². The lowest BCUT2D eigenvalue weighted by atomic mass is 10.4. The van der Waals surface area contributed by atoms with Gasteiger partial charge in [-0.3, -0.25) is 4.79 Å². The second-order valence-electron chi connectivity index (χ2n) is 1.67. The highest BCUT2D eigenvalue weighted by molar-refractivity contribution is 6.23. The molecule has 0 radical (unpaired) electrons. The summed E-state index contributed by atoms with van der Waals surface area (Å²) in [5.74, 6) is -1.81. The average molecular weight is 157 g/mol. The van der Waals surface area contributed by atoms with Crippen molar-refractivity contribution in [3.63, 3.8) is 0 Å². The third kappa shape index (κ3) is 6.20. The zero-order valence-electron chi connectivity index (χ0n) is 5.66. The molecule has 0 spiro atoms. The summed E-state index contributed by atoms with van der Waals surface area (Å²) in [6.07, 6.45) is 0.507. The number of aliphatic carboxylic acids is 1. The number of carboxylic acid groups (broad SMARTS) is 1. The molecular weight excluding hydrogens is 150 g/mol. The number of rotatable bonds is 4. The number of nitrogens with zero attached hydrogens (tertiary/aromatic N) is 1. The normalized spacial score (nSPS) is 8.00. The highest BCUT2D eigenvalue weighted by atomic mass is 16.4. The first-order valence-corrected chi connectivity index (χ1v) is 2.84. The van der Waals surface area contributed by atoms with Crippen LogP contribution in [0.1, 0.15) is 6.42 Å². The van der Waals surface area contributed by atoms with Gasteiger partial charge in [0, 0.05) is 18.9 Å². The van der Waals surface area contributed by atoms with E-state index >= 15 is 0 Å². The maximum Gasteiger partial charge on any atom is 0.394 e. The number of hydrogen-bond acceptors (Lipinski definition) is 4. The molecule has 0 aliphatic rings. The van der Waals surface area contributed by atoms with Crippen LogP contribution in [0.5, 0.6) is 0 Å². The Labute approximate surface area is 62.4 Å². The number of nitrogens with one attached hydrogen (secondary N) is 2. The molecule has 60 valence electrons. The summed E-state index contributed by atoms with van der Waals surface area (Å²) in [6.45, 7) is -0.00676. The Morgan fingerprint density at radius 1 is 1.64 bits per heavy atom. The lowest BCUT2D eigenvalue weighted by Crippen LogP contribution is -2.31. The van der Waals surface area contributed by atoms with Crippen LogP contribution in [0.4, 0.5) is 0 Å². The van der Waals surface area contributed by atoms with E-state index in [2.05, 4.69) is 10.1 Å². The first-order chi connectivity index (χ1) is 5.16. The van der Waals surface area contributed by atoms with Crippen molar-refractivity contribution in [2.24, 2.45) is 0 Å². The van der Waals surface area contributed by atoms with Crippen molar-refractivity contribution in [1.29, 1.82) is 5.53 Å². The highest BCUT2D eigenvalue weighted by Crippen LogP contribution is 1.70. The molecule has 0 atom stereocenters. The molecule has 0 fully saturated rings. The van der Waals surface area contributed by atoms with Gasteiger partial charge in [0.05, 0.1) is 10.3 Å². The Bertz CT molecular complexity index is 207. The lowest BCUT2D eigenvalue weighted by Gasteiger charge is -1.99. The molecule has 0 aliphatic carbocycles. The van der Waals surface area contributed by atoms with Crippen LogP contribution in [0.3, 0.4) is 0 Å². The number of amides is 1. The van der Waals surface area contributed by atoms with Gasteiger partial charge in [0.15, 0.2) is 0 Å². The second kappa shape index (κ2) is 5.13. The fourth-order valence-corrected chi connectivity index (χ4v) is 0.392. The minimum atomic E-state index is -1.23. The van der Waals surface area contributed by atoms with E-state index in [1.807, 2.05) is 0 Å². The monoisotopic (exact) mass is 157 g/mol. The van der Waals surface area contributed by atoms with E-state index in [4.69, 9.17) is 5.53 Å². The molecule has 0 bridgehead atoms. The zero-order chi connectivity index (χ0) is 8.69. The van der Waals surface area contributed by atoms with Crippen molar-refractivity contribution in [3.8, 4) is 0 Å². The van der Waals surface area contributed by atoms with E-state index in [-0.39, 0.29) is 13.0 Å². The fraction of sp³-hybridized carbons (Fsp3) is 0.400. The van der Waals surface area contributed by atoms with Crippen LogP contribution in [0.15, 0.2) is 0 Å². The molecule has 0 aliphatic heterocycles. The maximum absolute atomic E-state index is 10.4. The zero-order valence-corrected chi connectivity index (χ0v) is 5.66. The molecule has 11 heavy (non-hydrogen) atoms. The van der Waals surface area contributed by atoms with E-state index in [9.17, 15) is 14.7 Å². The van der Waals surface area contributed by atoms with E-state index in [1.54, 1.807) is 0 Å². The van der Waals surface area contributed by atoms with E-state index in [1.165, 1.54) is 0 Å². The average Bonchev–Trinajstić information content (AvgIpc) is 1.87. The van der Waals surface area contributed by atoms with Crippen LogP contribution in [0.25, 0.3) is 0 Å². The Hall–Kier alpha value is -1.68. The van der Waals surface area contributed by atoms with E-state index < -0.39 is 11.9 Å². The summed E-state index contributed by atoms with van der Waals surface area (Å²) in [4.78, 5) is 22.9. The number of carboxylic acids is 1. The molecule has 0 unspecified atom stereocenters. The van der Waals surface area contributed by atoms with Crippen molar-refractivity contribution >= 4 is 18.1 Å². The summed E-state index contributed by atoms with van der Waals surface area (Å²) in [5, 5.41) is 12.0. The fourth-order valence-electron chi connectivity index (χ4n) is 0.392. The molecule has 2 N–H and O–H groups in total. The highest BCUT2D eigenvalue weighted by Gasteiger charge is 2.00. The molecule has 0 aromatic rings. The molecule has 0 aromatic carbocycles. The van der Waals surface area contributed by atoms with E-state index in [0.29, 0.717) is 0 Å². The topological polar surface area (TPSA) is 107 Å². The van der Waals surface area contributed by atoms with Crippen LogP contribution < -0.4 is 10.4 Å². The minimum Gasteiger partial charge on any atom is -0.550 e. The first kappa shape index (κ1) is 9.32. The van der Waals surface area contributed by atoms with Gasteiger partial charge in [0.1, 0.15) is 0 Å². The van der Waals surface area contributed by atoms with Gasteiger partial charge in [-0.05, 0) is 0 Å². The summed E-state index contributed by atoms with van der Waals surface area (Å²) in [5.41, 5.74) is 6.23. The first-order valence-electron chi connectivity index (χ1n) is 2.84. The van der Waals surface area contributed by atoms with Gasteiger partial charge in [0.2, 0.25) is 0 Å². The molecular formula is C5H7N3O3. The summed E-state index contributed by atoms with van der Waals surface area (Å²) < 4.78 is 0. The van der Waals surface area contributed by atoms with Crippen LogP contribution in [-0.4, -0.2) is 29.4 Å². The van der Waals surface area contributed by atoms with Crippen LogP contribution >= 0.6 is 0 Å². The Morgan fingerprint density at radius 3 is 2.73 bits per heavy atom. The van der Waals surface area contributed by atoms with Gasteiger partial charge in [-0.2, -0.15) is 0 Å². The molecule has 0 rings (SSSR count). The van der Waals surface area contributed by atoms with Gasteiger partial charge in [-0.25, -0.2) is 0 Å². The molecule has 0 saturated carbocycles. The van der Waals surface area contributed by atoms with Crippen molar-refractivity contribution in [2.45, 2.75) is 6.42 Å². The number of hydrogen-bond donors (Lipinski definition) is 2. The summed E-state index contributed by atoms with van der Waals surface area (Å²) >= 11 is 0. The van der Waals surface area contributed by atoms with Crippen molar-refractivity contribution in [2.75, 3.05) is 6.54 Å². The Kier molecular flexibility index (Phi) is 4.35. The van der Waals surface area contributed by atoms with Crippen molar-refractivity contribution < 1.29 is 19.5 Å². The predicted octanol–water partition coefficient (Wildman–Crippen LogP) is -2.45. The summed E-state index contributed by atoms with van der Waals surface area (Å²) in [7, 11) is 0. The molecule has 0 saturated heterocycles. The third-order valence-electron chi connectivity index (χ3n) is 0.810. The number of carbonyl (C=O) groups is 2. The minimum absolute atomic E-state index is 0.00676. The van der Waals surface area contributed by atoms with Gasteiger partial charge >= 0.3 is 12.1 Å². The standard InChI is InChI=1S/C5H7N3O3/c6-8-3-4(9)7-2-1-5(10)11/h3,6H,1-2H2,(H-,7,9,10,11). The molecule has 1 amide bonds. The predicted molar refractivity (Wildman–Crippen MR) is 31.7 cm³/mol. The van der Waals surface area contributed by atoms with Gasteiger partial charge in [0.25, 0.3) is 0 Å². The smallest absolute Gasteiger partial charge is 0.394 e. The van der Waals surface area contributed by atoms with E-state index in [0.717, 1.165) is 6.21 Å². The Balaban J connectivity index is 3.47. The van der Waals surface area contributed by atoms with Gasteiger partial charge in [-0.15, -0.1) is 0 Å². The molecule has 0 aromatic heterocycles. The van der Waals surface area contributed by atoms with Crippen LogP contribution in [0.2, 0.25) is 0 Å². The lowest BCUT2D eigenvalue weighted by molar-refractivity contribution is -0.305. The SMILES string of the molecule is N=[N+]=CC(=O)NCCC(=O)[O-]. The number of carbonyl (C=O) groups excluding carboxylic acids is 2. The quantitative estimate of drug-likeness (QED) is 0.268. The van der Waals surface area contributed by atoms with Crippen LogP contribution in [0, 0.1) is 5.53 Å². The second-order valence-corrected chi connectivity index (χ2v) is 1.67. The van der Waals surface area contributed by atoms with Gasteiger partial charge < -0.3 is 15.2 Å². The third-order valence-corrected chi connectivity index (χ3v) is 0.810. The summed E-state index contributed by atoms with van der Waals surface area (Å²) in [6, 6.07) is 0. The maximum atomic E-state index is 10.4. The van der Waals surface area contributed by atoms with Gasteiger partial charge in [-0.1, -0.05) is 0 Å². The molecule has 6 heteroatoms. The van der Waals surface area contributed by atoms with Crippen molar-refractivity contribution in [1.82, 2.24) is 5.32 Å². The largest absolute Gasteiger partial charge is 0.550 e.